The van der Waals surface area contributed by atoms with E-state index in [2.05, 4.69) is 20.2 Å². The molecule has 3 aromatic heterocycles. The quantitative estimate of drug-likeness (QED) is 0.466. The van der Waals surface area contributed by atoms with Crippen molar-refractivity contribution in [3.63, 3.8) is 0 Å². The Morgan fingerprint density at radius 3 is 2.28 bits per heavy atom. The molecule has 0 saturated heterocycles. The molecule has 4 aromatic rings. The van der Waals surface area contributed by atoms with Crippen molar-refractivity contribution >= 4 is 21.2 Å². The van der Waals surface area contributed by atoms with Crippen LogP contribution in [-0.2, 0) is 9.84 Å². The minimum Gasteiger partial charge on any atom is -0.414 e. The first-order chi connectivity index (χ1) is 13.8. The molecule has 0 N–H and O–H groups in total. The van der Waals surface area contributed by atoms with Gasteiger partial charge in [0, 0.05) is 10.4 Å². The molecule has 0 aliphatic carbocycles. The predicted molar refractivity (Wildman–Crippen MR) is 111 cm³/mol. The summed E-state index contributed by atoms with van der Waals surface area (Å²) < 4.78 is 30.3. The molecule has 4 rings (SSSR count). The SMILES string of the molecule is Cc1ccc(-c2nnc(-c3cncc(-c4ccc(S(=O)(=O)C(C)C)cc4)n3)o2)s1. The fourth-order valence-electron chi connectivity index (χ4n) is 2.67. The molecule has 0 fully saturated rings. The van der Waals surface area contributed by atoms with Crippen LogP contribution in [0.25, 0.3) is 33.6 Å². The van der Waals surface area contributed by atoms with E-state index in [1.807, 2.05) is 19.1 Å². The second-order valence-corrected chi connectivity index (χ2v) is 10.5. The number of rotatable bonds is 5. The highest BCUT2D eigenvalue weighted by Crippen LogP contribution is 2.29. The Hall–Kier alpha value is -2.91. The van der Waals surface area contributed by atoms with Crippen LogP contribution in [0.4, 0.5) is 0 Å². The summed E-state index contributed by atoms with van der Waals surface area (Å²) in [5.41, 5.74) is 1.78. The van der Waals surface area contributed by atoms with E-state index in [0.29, 0.717) is 17.3 Å². The number of hydrogen-bond donors (Lipinski definition) is 0. The van der Waals surface area contributed by atoms with Crippen LogP contribution >= 0.6 is 11.3 Å². The van der Waals surface area contributed by atoms with E-state index in [1.165, 1.54) is 0 Å². The Morgan fingerprint density at radius 1 is 0.931 bits per heavy atom. The first kappa shape index (κ1) is 19.4. The predicted octanol–water partition coefficient (Wildman–Crippen LogP) is 4.41. The molecule has 0 bridgehead atoms. The molecule has 0 aliphatic heterocycles. The molecule has 0 radical (unpaired) electrons. The smallest absolute Gasteiger partial charge is 0.268 e. The van der Waals surface area contributed by atoms with E-state index in [4.69, 9.17) is 4.42 Å². The summed E-state index contributed by atoms with van der Waals surface area (Å²) >= 11 is 1.57. The van der Waals surface area contributed by atoms with E-state index in [-0.39, 0.29) is 10.8 Å². The Balaban J connectivity index is 1.64. The molecule has 0 aliphatic rings. The van der Waals surface area contributed by atoms with Gasteiger partial charge in [-0.1, -0.05) is 12.1 Å². The van der Waals surface area contributed by atoms with Gasteiger partial charge in [0.05, 0.1) is 33.1 Å². The zero-order valence-corrected chi connectivity index (χ0v) is 17.7. The maximum Gasteiger partial charge on any atom is 0.268 e. The molecule has 0 saturated carbocycles. The lowest BCUT2D eigenvalue weighted by atomic mass is 10.1. The van der Waals surface area contributed by atoms with Gasteiger partial charge in [0.15, 0.2) is 9.84 Å². The number of aryl methyl sites for hydroxylation is 1. The Kier molecular flexibility index (Phi) is 5.01. The van der Waals surface area contributed by atoms with Crippen molar-refractivity contribution in [2.75, 3.05) is 0 Å². The van der Waals surface area contributed by atoms with Crippen LogP contribution in [0, 0.1) is 6.92 Å². The van der Waals surface area contributed by atoms with Gasteiger partial charge in [0.2, 0.25) is 0 Å². The van der Waals surface area contributed by atoms with Crippen LogP contribution < -0.4 is 0 Å². The van der Waals surface area contributed by atoms with Gasteiger partial charge < -0.3 is 4.42 Å². The van der Waals surface area contributed by atoms with E-state index < -0.39 is 15.1 Å². The van der Waals surface area contributed by atoms with E-state index in [9.17, 15) is 8.42 Å². The van der Waals surface area contributed by atoms with Gasteiger partial charge in [0.25, 0.3) is 11.8 Å². The van der Waals surface area contributed by atoms with Crippen LogP contribution in [0.1, 0.15) is 18.7 Å². The summed E-state index contributed by atoms with van der Waals surface area (Å²) in [5.74, 6) is 0.716. The lowest BCUT2D eigenvalue weighted by molar-refractivity contribution is 0.583. The molecule has 0 atom stereocenters. The molecule has 148 valence electrons. The largest absolute Gasteiger partial charge is 0.414 e. The van der Waals surface area contributed by atoms with Crippen LogP contribution in [0.15, 0.2) is 58.1 Å². The molecular weight excluding hydrogens is 408 g/mol. The molecular formula is C20H18N4O3S2. The third kappa shape index (κ3) is 3.83. The fraction of sp³-hybridized carbons (Fsp3) is 0.200. The van der Waals surface area contributed by atoms with Crippen molar-refractivity contribution in [2.45, 2.75) is 30.9 Å². The highest BCUT2D eigenvalue weighted by Gasteiger charge is 2.19. The van der Waals surface area contributed by atoms with E-state index in [0.717, 1.165) is 15.3 Å². The summed E-state index contributed by atoms with van der Waals surface area (Å²) in [6, 6.07) is 10.5. The number of hydrogen-bond acceptors (Lipinski definition) is 8. The van der Waals surface area contributed by atoms with Crippen LogP contribution in [0.2, 0.25) is 0 Å². The lowest BCUT2D eigenvalue weighted by Gasteiger charge is -2.08. The summed E-state index contributed by atoms with van der Waals surface area (Å²) in [6.45, 7) is 5.33. The van der Waals surface area contributed by atoms with Gasteiger partial charge >= 0.3 is 0 Å². The third-order valence-corrected chi connectivity index (χ3v) is 7.49. The van der Waals surface area contributed by atoms with Gasteiger partial charge in [-0.25, -0.2) is 13.4 Å². The van der Waals surface area contributed by atoms with Crippen molar-refractivity contribution in [1.29, 1.82) is 0 Å². The summed E-state index contributed by atoms with van der Waals surface area (Å²) in [5, 5.41) is 7.70. The molecule has 0 amide bonds. The zero-order valence-electron chi connectivity index (χ0n) is 16.0. The lowest BCUT2D eigenvalue weighted by Crippen LogP contribution is -2.13. The van der Waals surface area contributed by atoms with Crippen LogP contribution in [-0.4, -0.2) is 33.8 Å². The van der Waals surface area contributed by atoms with Crippen LogP contribution in [0.3, 0.4) is 0 Å². The number of benzene rings is 1. The second kappa shape index (κ2) is 7.49. The molecule has 3 heterocycles. The maximum atomic E-state index is 12.3. The minimum atomic E-state index is -3.32. The summed E-state index contributed by atoms with van der Waals surface area (Å²) in [7, 11) is -3.32. The molecule has 9 heteroatoms. The molecule has 1 aromatic carbocycles. The number of nitrogens with zero attached hydrogens (tertiary/aromatic N) is 4. The van der Waals surface area contributed by atoms with Gasteiger partial charge in [-0.3, -0.25) is 4.98 Å². The Morgan fingerprint density at radius 2 is 1.62 bits per heavy atom. The highest BCUT2D eigenvalue weighted by atomic mass is 32.2. The van der Waals surface area contributed by atoms with E-state index >= 15 is 0 Å². The average Bonchev–Trinajstić information content (AvgIpc) is 3.37. The average molecular weight is 427 g/mol. The minimum absolute atomic E-state index is 0.277. The topological polar surface area (TPSA) is 98.8 Å². The monoisotopic (exact) mass is 426 g/mol. The normalized spacial score (nSPS) is 11.9. The number of aromatic nitrogens is 4. The number of thiophene rings is 1. The van der Waals surface area contributed by atoms with Crippen molar-refractivity contribution in [2.24, 2.45) is 0 Å². The first-order valence-corrected chi connectivity index (χ1v) is 11.3. The van der Waals surface area contributed by atoms with Crippen LogP contribution in [0.5, 0.6) is 0 Å². The van der Waals surface area contributed by atoms with Gasteiger partial charge in [-0.15, -0.1) is 21.5 Å². The van der Waals surface area contributed by atoms with Gasteiger partial charge in [-0.05, 0) is 45.0 Å². The number of sulfone groups is 1. The fourth-order valence-corrected chi connectivity index (χ4v) is 4.52. The molecule has 29 heavy (non-hydrogen) atoms. The molecule has 0 unspecified atom stereocenters. The second-order valence-electron chi connectivity index (χ2n) is 6.73. The standard InChI is InChI=1S/C20H18N4O3S2/c1-12(2)29(25,26)15-7-5-14(6-8-15)16-10-21-11-17(22-16)19-23-24-20(27-19)18-9-4-13(3)28-18/h4-12H,1-3H3. The first-order valence-electron chi connectivity index (χ1n) is 8.91. The summed E-state index contributed by atoms with van der Waals surface area (Å²) in [4.78, 5) is 11.1. The maximum absolute atomic E-state index is 12.3. The third-order valence-electron chi connectivity index (χ3n) is 4.33. The van der Waals surface area contributed by atoms with E-state index in [1.54, 1.807) is 61.8 Å². The zero-order chi connectivity index (χ0) is 20.6. The van der Waals surface area contributed by atoms with Gasteiger partial charge in [0.1, 0.15) is 5.69 Å². The van der Waals surface area contributed by atoms with Gasteiger partial charge in [-0.2, -0.15) is 0 Å². The molecule has 7 nitrogen and oxygen atoms in total. The van der Waals surface area contributed by atoms with Crippen molar-refractivity contribution in [3.8, 4) is 33.6 Å². The Labute approximate surface area is 172 Å². The van der Waals surface area contributed by atoms with Crippen molar-refractivity contribution in [3.05, 3.63) is 53.7 Å². The summed E-state index contributed by atoms with van der Waals surface area (Å²) in [6.07, 6.45) is 3.16. The van der Waals surface area contributed by atoms with Crippen molar-refractivity contribution in [1.82, 2.24) is 20.2 Å². The molecule has 0 spiro atoms. The van der Waals surface area contributed by atoms with Crippen molar-refractivity contribution < 1.29 is 12.8 Å². The highest BCUT2D eigenvalue weighted by molar-refractivity contribution is 7.92. The Bertz CT molecular complexity index is 1260.